The SMILES string of the molecule is CSC1CCC(NC(C)C)(C(=O)O)C1. The van der Waals surface area contributed by atoms with Crippen LogP contribution in [0, 0.1) is 0 Å². The summed E-state index contributed by atoms with van der Waals surface area (Å²) in [5.74, 6) is -0.692. The van der Waals surface area contributed by atoms with E-state index in [0.717, 1.165) is 19.3 Å². The summed E-state index contributed by atoms with van der Waals surface area (Å²) in [7, 11) is 0. The van der Waals surface area contributed by atoms with Crippen molar-refractivity contribution < 1.29 is 9.90 Å². The van der Waals surface area contributed by atoms with Crippen LogP contribution in [0.5, 0.6) is 0 Å². The Balaban J connectivity index is 2.70. The summed E-state index contributed by atoms with van der Waals surface area (Å²) in [5, 5.41) is 13.0. The third-order valence-electron chi connectivity index (χ3n) is 2.78. The van der Waals surface area contributed by atoms with Gasteiger partial charge in [-0.3, -0.25) is 10.1 Å². The van der Waals surface area contributed by atoms with E-state index in [4.69, 9.17) is 0 Å². The predicted molar refractivity (Wildman–Crippen MR) is 59.8 cm³/mol. The molecule has 1 aliphatic rings. The first-order valence-corrected chi connectivity index (χ1v) is 6.33. The van der Waals surface area contributed by atoms with Crippen LogP contribution < -0.4 is 5.32 Å². The van der Waals surface area contributed by atoms with Crippen LogP contribution in [0.15, 0.2) is 0 Å². The first-order chi connectivity index (χ1) is 6.50. The van der Waals surface area contributed by atoms with Gasteiger partial charge in [-0.1, -0.05) is 0 Å². The van der Waals surface area contributed by atoms with Crippen molar-refractivity contribution >= 4 is 17.7 Å². The molecule has 0 amide bonds. The number of carboxylic acid groups (broad SMARTS) is 1. The summed E-state index contributed by atoms with van der Waals surface area (Å²) in [4.78, 5) is 11.2. The van der Waals surface area contributed by atoms with E-state index in [-0.39, 0.29) is 6.04 Å². The second-order valence-electron chi connectivity index (χ2n) is 4.29. The molecule has 0 heterocycles. The van der Waals surface area contributed by atoms with Crippen LogP contribution in [0.3, 0.4) is 0 Å². The Morgan fingerprint density at radius 2 is 2.29 bits per heavy atom. The van der Waals surface area contributed by atoms with Crippen molar-refractivity contribution in [1.29, 1.82) is 0 Å². The molecule has 1 aliphatic carbocycles. The van der Waals surface area contributed by atoms with Gasteiger partial charge in [-0.2, -0.15) is 11.8 Å². The molecule has 0 aromatic carbocycles. The van der Waals surface area contributed by atoms with Crippen LogP contribution in [-0.2, 0) is 4.79 Å². The summed E-state index contributed by atoms with van der Waals surface area (Å²) in [6.07, 6.45) is 4.57. The molecule has 1 fully saturated rings. The smallest absolute Gasteiger partial charge is 0.323 e. The maximum absolute atomic E-state index is 11.2. The number of rotatable bonds is 4. The molecular weight excluding hydrogens is 198 g/mol. The van der Waals surface area contributed by atoms with E-state index in [1.807, 2.05) is 13.8 Å². The van der Waals surface area contributed by atoms with E-state index >= 15 is 0 Å². The van der Waals surface area contributed by atoms with Crippen molar-refractivity contribution in [3.63, 3.8) is 0 Å². The monoisotopic (exact) mass is 217 g/mol. The lowest BCUT2D eigenvalue weighted by atomic mass is 9.97. The van der Waals surface area contributed by atoms with Gasteiger partial charge in [-0.25, -0.2) is 0 Å². The molecule has 0 saturated heterocycles. The minimum atomic E-state index is -0.692. The first kappa shape index (κ1) is 11.9. The maximum atomic E-state index is 11.2. The second kappa shape index (κ2) is 4.53. The van der Waals surface area contributed by atoms with Crippen LogP contribution in [0.2, 0.25) is 0 Å². The third-order valence-corrected chi connectivity index (χ3v) is 3.85. The molecule has 0 radical (unpaired) electrons. The lowest BCUT2D eigenvalue weighted by Gasteiger charge is -2.28. The van der Waals surface area contributed by atoms with Gasteiger partial charge in [0.05, 0.1) is 0 Å². The van der Waals surface area contributed by atoms with Crippen LogP contribution in [-0.4, -0.2) is 34.2 Å². The molecule has 0 aromatic rings. The molecule has 0 aromatic heterocycles. The van der Waals surface area contributed by atoms with Crippen LogP contribution in [0.4, 0.5) is 0 Å². The van der Waals surface area contributed by atoms with Gasteiger partial charge in [0.2, 0.25) is 0 Å². The molecule has 0 aliphatic heterocycles. The zero-order chi connectivity index (χ0) is 10.8. The van der Waals surface area contributed by atoms with Crippen LogP contribution >= 0.6 is 11.8 Å². The molecule has 2 unspecified atom stereocenters. The Hall–Kier alpha value is -0.220. The fourth-order valence-electron chi connectivity index (χ4n) is 2.14. The molecule has 1 saturated carbocycles. The number of hydrogen-bond donors (Lipinski definition) is 2. The summed E-state index contributed by atoms with van der Waals surface area (Å²) in [6.45, 7) is 3.99. The summed E-state index contributed by atoms with van der Waals surface area (Å²) in [5.41, 5.74) is -0.665. The van der Waals surface area contributed by atoms with E-state index in [9.17, 15) is 9.90 Å². The molecule has 1 rings (SSSR count). The van der Waals surface area contributed by atoms with Gasteiger partial charge in [0.1, 0.15) is 5.54 Å². The Morgan fingerprint density at radius 1 is 1.64 bits per heavy atom. The van der Waals surface area contributed by atoms with E-state index in [2.05, 4.69) is 11.6 Å². The summed E-state index contributed by atoms with van der Waals surface area (Å²) < 4.78 is 0. The number of carboxylic acids is 1. The van der Waals surface area contributed by atoms with Crippen molar-refractivity contribution in [3.8, 4) is 0 Å². The molecular formula is C10H19NO2S. The molecule has 2 N–H and O–H groups in total. The van der Waals surface area contributed by atoms with Crippen LogP contribution in [0.25, 0.3) is 0 Å². The molecule has 82 valence electrons. The Bertz CT molecular complexity index is 220. The number of thioether (sulfide) groups is 1. The van der Waals surface area contributed by atoms with E-state index in [0.29, 0.717) is 5.25 Å². The van der Waals surface area contributed by atoms with Gasteiger partial charge >= 0.3 is 5.97 Å². The zero-order valence-corrected chi connectivity index (χ0v) is 9.86. The first-order valence-electron chi connectivity index (χ1n) is 5.04. The van der Waals surface area contributed by atoms with Gasteiger partial charge in [0, 0.05) is 11.3 Å². The highest BCUT2D eigenvalue weighted by Gasteiger charge is 2.45. The van der Waals surface area contributed by atoms with Crippen LogP contribution in [0.1, 0.15) is 33.1 Å². The summed E-state index contributed by atoms with van der Waals surface area (Å²) >= 11 is 1.78. The van der Waals surface area contributed by atoms with Crippen molar-refractivity contribution in [1.82, 2.24) is 5.32 Å². The van der Waals surface area contributed by atoms with E-state index in [1.165, 1.54) is 0 Å². The molecule has 2 atom stereocenters. The maximum Gasteiger partial charge on any atom is 0.323 e. The average Bonchev–Trinajstić information content (AvgIpc) is 2.48. The number of aliphatic carboxylic acids is 1. The van der Waals surface area contributed by atoms with Gasteiger partial charge in [-0.15, -0.1) is 0 Å². The predicted octanol–water partition coefficient (Wildman–Crippen LogP) is 1.72. The molecule has 4 heteroatoms. The van der Waals surface area contributed by atoms with Crippen molar-refractivity contribution in [2.45, 2.75) is 49.9 Å². The average molecular weight is 217 g/mol. The molecule has 0 bridgehead atoms. The topological polar surface area (TPSA) is 49.3 Å². The second-order valence-corrected chi connectivity index (χ2v) is 5.42. The van der Waals surface area contributed by atoms with Crippen molar-refractivity contribution in [2.24, 2.45) is 0 Å². The fourth-order valence-corrected chi connectivity index (χ4v) is 2.95. The molecule has 3 nitrogen and oxygen atoms in total. The highest BCUT2D eigenvalue weighted by atomic mass is 32.2. The number of carbonyl (C=O) groups is 1. The highest BCUT2D eigenvalue weighted by Crippen LogP contribution is 2.36. The van der Waals surface area contributed by atoms with E-state index in [1.54, 1.807) is 11.8 Å². The molecule has 14 heavy (non-hydrogen) atoms. The minimum Gasteiger partial charge on any atom is -0.480 e. The molecule has 0 spiro atoms. The largest absolute Gasteiger partial charge is 0.480 e. The Kier molecular flexibility index (Phi) is 3.84. The van der Waals surface area contributed by atoms with Crippen molar-refractivity contribution in [2.75, 3.05) is 6.26 Å². The zero-order valence-electron chi connectivity index (χ0n) is 9.04. The minimum absolute atomic E-state index is 0.228. The Morgan fingerprint density at radius 3 is 2.64 bits per heavy atom. The van der Waals surface area contributed by atoms with Gasteiger partial charge in [0.15, 0.2) is 0 Å². The number of hydrogen-bond acceptors (Lipinski definition) is 3. The van der Waals surface area contributed by atoms with Crippen molar-refractivity contribution in [3.05, 3.63) is 0 Å². The highest BCUT2D eigenvalue weighted by molar-refractivity contribution is 7.99. The number of nitrogens with one attached hydrogen (secondary N) is 1. The normalized spacial score (nSPS) is 32.4. The van der Waals surface area contributed by atoms with Gasteiger partial charge in [-0.05, 0) is 39.4 Å². The standard InChI is InChI=1S/C10H19NO2S/c1-7(2)11-10(9(12)13)5-4-8(6-10)14-3/h7-8,11H,4-6H2,1-3H3,(H,12,13). The quantitative estimate of drug-likeness (QED) is 0.753. The fraction of sp³-hybridized carbons (Fsp3) is 0.900. The summed E-state index contributed by atoms with van der Waals surface area (Å²) in [6, 6.07) is 0.228. The lowest BCUT2D eigenvalue weighted by molar-refractivity contribution is -0.145. The van der Waals surface area contributed by atoms with Gasteiger partial charge in [0.25, 0.3) is 0 Å². The van der Waals surface area contributed by atoms with E-state index < -0.39 is 11.5 Å². The van der Waals surface area contributed by atoms with Gasteiger partial charge < -0.3 is 5.11 Å². The Labute approximate surface area is 89.6 Å². The third kappa shape index (κ3) is 2.42. The lowest BCUT2D eigenvalue weighted by Crippen LogP contribution is -2.53.